The van der Waals surface area contributed by atoms with Crippen LogP contribution in [0.3, 0.4) is 0 Å². The number of amides is 1. The summed E-state index contributed by atoms with van der Waals surface area (Å²) in [4.78, 5) is 20.4. The van der Waals surface area contributed by atoms with Crippen LogP contribution < -0.4 is 10.2 Å². The molecular weight excluding hydrogens is 338 g/mol. The van der Waals surface area contributed by atoms with Crippen LogP contribution in [0.4, 0.5) is 5.13 Å². The quantitative estimate of drug-likeness (QED) is 0.794. The maximum absolute atomic E-state index is 12.3. The Balaban J connectivity index is 1.48. The Morgan fingerprint density at radius 3 is 2.75 bits per heavy atom. The van der Waals surface area contributed by atoms with E-state index in [-0.39, 0.29) is 11.2 Å². The fourth-order valence-corrected chi connectivity index (χ4v) is 4.40. The molecular formula is C18H23N3OS2. The normalized spacial score (nSPS) is 15.5. The third-order valence-corrected chi connectivity index (χ3v) is 6.13. The van der Waals surface area contributed by atoms with Gasteiger partial charge in [-0.1, -0.05) is 17.7 Å². The van der Waals surface area contributed by atoms with E-state index >= 15 is 0 Å². The number of carbonyl (C=O) groups excluding carboxylic acids is 1. The van der Waals surface area contributed by atoms with Crippen molar-refractivity contribution in [2.75, 3.05) is 18.0 Å². The second kappa shape index (κ2) is 8.03. The number of thiazole rings is 1. The zero-order valence-electron chi connectivity index (χ0n) is 14.1. The van der Waals surface area contributed by atoms with Gasteiger partial charge in [-0.25, -0.2) is 4.98 Å². The largest absolute Gasteiger partial charge is 0.349 e. The van der Waals surface area contributed by atoms with Crippen molar-refractivity contribution in [2.24, 2.45) is 0 Å². The van der Waals surface area contributed by atoms with E-state index in [0.717, 1.165) is 28.8 Å². The van der Waals surface area contributed by atoms with Crippen LogP contribution in [0, 0.1) is 6.92 Å². The molecule has 24 heavy (non-hydrogen) atoms. The molecule has 1 fully saturated rings. The summed E-state index contributed by atoms with van der Waals surface area (Å²) in [7, 11) is 0. The molecule has 1 amide bonds. The number of carbonyl (C=O) groups is 1. The first-order chi connectivity index (χ1) is 11.6. The smallest absolute Gasteiger partial charge is 0.233 e. The highest BCUT2D eigenvalue weighted by molar-refractivity contribution is 8.00. The molecule has 1 aromatic heterocycles. The van der Waals surface area contributed by atoms with E-state index in [1.54, 1.807) is 23.1 Å². The minimum absolute atomic E-state index is 0.0521. The monoisotopic (exact) mass is 361 g/mol. The van der Waals surface area contributed by atoms with Gasteiger partial charge in [0.1, 0.15) is 0 Å². The van der Waals surface area contributed by atoms with Crippen LogP contribution in [-0.4, -0.2) is 29.2 Å². The zero-order chi connectivity index (χ0) is 16.9. The number of anilines is 1. The second-order valence-corrected chi connectivity index (χ2v) is 8.36. The van der Waals surface area contributed by atoms with Gasteiger partial charge < -0.3 is 10.2 Å². The Morgan fingerprint density at radius 2 is 2.04 bits per heavy atom. The Labute approximate surface area is 151 Å². The summed E-state index contributed by atoms with van der Waals surface area (Å²) >= 11 is 3.25. The maximum Gasteiger partial charge on any atom is 0.233 e. The minimum Gasteiger partial charge on any atom is -0.349 e. The van der Waals surface area contributed by atoms with Gasteiger partial charge in [0.2, 0.25) is 5.91 Å². The average molecular weight is 362 g/mol. The Morgan fingerprint density at radius 1 is 1.33 bits per heavy atom. The SMILES string of the molecule is Cc1ccc(SC(C)C(=O)NCc2csc(N3CCCC3)n2)cc1. The van der Waals surface area contributed by atoms with E-state index < -0.39 is 0 Å². The van der Waals surface area contributed by atoms with E-state index in [2.05, 4.69) is 46.4 Å². The third kappa shape index (κ3) is 4.51. The van der Waals surface area contributed by atoms with Crippen LogP contribution in [-0.2, 0) is 11.3 Å². The molecule has 0 bridgehead atoms. The van der Waals surface area contributed by atoms with Gasteiger partial charge in [0, 0.05) is 23.4 Å². The van der Waals surface area contributed by atoms with Gasteiger partial charge in [0.05, 0.1) is 17.5 Å². The zero-order valence-corrected chi connectivity index (χ0v) is 15.8. The summed E-state index contributed by atoms with van der Waals surface area (Å²) in [5.74, 6) is 0.0521. The van der Waals surface area contributed by atoms with Crippen LogP contribution in [0.25, 0.3) is 0 Å². The van der Waals surface area contributed by atoms with E-state index in [4.69, 9.17) is 0 Å². The molecule has 0 saturated carbocycles. The summed E-state index contributed by atoms with van der Waals surface area (Å²) < 4.78 is 0. The average Bonchev–Trinajstić information content (AvgIpc) is 3.25. The molecule has 1 N–H and O–H groups in total. The summed E-state index contributed by atoms with van der Waals surface area (Å²) in [6.45, 7) is 6.71. The lowest BCUT2D eigenvalue weighted by molar-refractivity contribution is -0.120. The highest BCUT2D eigenvalue weighted by atomic mass is 32.2. The molecule has 3 rings (SSSR count). The molecule has 0 radical (unpaired) electrons. The van der Waals surface area contributed by atoms with Crippen molar-refractivity contribution in [1.82, 2.24) is 10.3 Å². The first-order valence-electron chi connectivity index (χ1n) is 8.32. The summed E-state index contributed by atoms with van der Waals surface area (Å²) in [5, 5.41) is 6.01. The first-order valence-corrected chi connectivity index (χ1v) is 10.1. The number of hydrogen-bond acceptors (Lipinski definition) is 5. The number of benzene rings is 1. The minimum atomic E-state index is -0.121. The Hall–Kier alpha value is -1.53. The number of aryl methyl sites for hydroxylation is 1. The molecule has 2 aromatic rings. The van der Waals surface area contributed by atoms with Crippen LogP contribution in [0.15, 0.2) is 34.5 Å². The third-order valence-electron chi connectivity index (χ3n) is 4.06. The molecule has 1 aliphatic heterocycles. The lowest BCUT2D eigenvalue weighted by Crippen LogP contribution is -2.30. The highest BCUT2D eigenvalue weighted by Gasteiger charge is 2.17. The predicted octanol–water partition coefficient (Wildman–Crippen LogP) is 3.85. The van der Waals surface area contributed by atoms with Gasteiger partial charge in [-0.2, -0.15) is 0 Å². The fourth-order valence-electron chi connectivity index (χ4n) is 2.63. The molecule has 6 heteroatoms. The van der Waals surface area contributed by atoms with E-state index in [1.165, 1.54) is 18.4 Å². The Kier molecular flexibility index (Phi) is 5.79. The molecule has 4 nitrogen and oxygen atoms in total. The van der Waals surface area contributed by atoms with Gasteiger partial charge in [-0.05, 0) is 38.8 Å². The fraction of sp³-hybridized carbons (Fsp3) is 0.444. The van der Waals surface area contributed by atoms with Crippen molar-refractivity contribution in [3.63, 3.8) is 0 Å². The van der Waals surface area contributed by atoms with Crippen LogP contribution >= 0.6 is 23.1 Å². The molecule has 0 aliphatic carbocycles. The second-order valence-electron chi connectivity index (χ2n) is 6.11. The van der Waals surface area contributed by atoms with Gasteiger partial charge in [-0.3, -0.25) is 4.79 Å². The van der Waals surface area contributed by atoms with Gasteiger partial charge in [0.15, 0.2) is 5.13 Å². The van der Waals surface area contributed by atoms with E-state index in [1.807, 2.05) is 12.3 Å². The molecule has 1 aromatic carbocycles. The first kappa shape index (κ1) is 17.3. The van der Waals surface area contributed by atoms with Gasteiger partial charge in [0.25, 0.3) is 0 Å². The number of nitrogens with one attached hydrogen (secondary N) is 1. The van der Waals surface area contributed by atoms with Crippen molar-refractivity contribution in [2.45, 2.75) is 43.4 Å². The highest BCUT2D eigenvalue weighted by Crippen LogP contribution is 2.25. The van der Waals surface area contributed by atoms with Gasteiger partial charge in [-0.15, -0.1) is 23.1 Å². The van der Waals surface area contributed by atoms with Crippen molar-refractivity contribution >= 4 is 34.1 Å². The lowest BCUT2D eigenvalue weighted by atomic mass is 10.2. The number of hydrogen-bond donors (Lipinski definition) is 1. The number of rotatable bonds is 6. The molecule has 1 unspecified atom stereocenters. The van der Waals surface area contributed by atoms with Gasteiger partial charge >= 0.3 is 0 Å². The van der Waals surface area contributed by atoms with E-state index in [0.29, 0.717) is 6.54 Å². The molecule has 128 valence electrons. The number of nitrogens with zero attached hydrogens (tertiary/aromatic N) is 2. The molecule has 1 aliphatic rings. The number of thioether (sulfide) groups is 1. The van der Waals surface area contributed by atoms with Crippen LogP contribution in [0.2, 0.25) is 0 Å². The summed E-state index contributed by atoms with van der Waals surface area (Å²) in [6, 6.07) is 8.27. The topological polar surface area (TPSA) is 45.2 Å². The van der Waals surface area contributed by atoms with Crippen molar-refractivity contribution in [3.05, 3.63) is 40.9 Å². The molecule has 1 atom stereocenters. The van der Waals surface area contributed by atoms with Crippen LogP contribution in [0.1, 0.15) is 31.0 Å². The summed E-state index contributed by atoms with van der Waals surface area (Å²) in [6.07, 6.45) is 2.50. The lowest BCUT2D eigenvalue weighted by Gasteiger charge is -2.13. The molecule has 0 spiro atoms. The Bertz CT molecular complexity index is 678. The molecule has 1 saturated heterocycles. The maximum atomic E-state index is 12.3. The van der Waals surface area contributed by atoms with Crippen molar-refractivity contribution < 1.29 is 4.79 Å². The van der Waals surface area contributed by atoms with Crippen molar-refractivity contribution in [3.8, 4) is 0 Å². The predicted molar refractivity (Wildman–Crippen MR) is 102 cm³/mol. The number of aromatic nitrogens is 1. The molecule has 2 heterocycles. The van der Waals surface area contributed by atoms with Crippen LogP contribution in [0.5, 0.6) is 0 Å². The standard InChI is InChI=1S/C18H23N3OS2/c1-13-5-7-16(8-6-13)24-14(2)17(22)19-11-15-12-23-18(20-15)21-9-3-4-10-21/h5-8,12,14H,3-4,9-11H2,1-2H3,(H,19,22). The summed E-state index contributed by atoms with van der Waals surface area (Å²) in [5.41, 5.74) is 2.18. The van der Waals surface area contributed by atoms with Crippen molar-refractivity contribution in [1.29, 1.82) is 0 Å². The van der Waals surface area contributed by atoms with E-state index in [9.17, 15) is 4.79 Å².